The zero-order chi connectivity index (χ0) is 14.7. The maximum absolute atomic E-state index is 12.3. The first-order valence-corrected chi connectivity index (χ1v) is 8.95. The summed E-state index contributed by atoms with van der Waals surface area (Å²) in [5.74, 6) is 0.645. The Balaban J connectivity index is 1.47. The molecule has 1 aliphatic carbocycles. The number of piperidine rings is 2. The third-order valence-electron chi connectivity index (χ3n) is 5.73. The van der Waals surface area contributed by atoms with Crippen molar-refractivity contribution < 1.29 is 4.79 Å². The second kappa shape index (κ2) is 7.10. The lowest BCUT2D eigenvalue weighted by Gasteiger charge is -2.42. The SMILES string of the molecule is CN1CCC(N2CCC[C@H](NC(=O)C3CCCC3)C2)CC1. The summed E-state index contributed by atoms with van der Waals surface area (Å²) < 4.78 is 0. The minimum absolute atomic E-state index is 0.309. The van der Waals surface area contributed by atoms with Crippen LogP contribution in [0.4, 0.5) is 0 Å². The van der Waals surface area contributed by atoms with Gasteiger partial charge in [-0.05, 0) is 65.2 Å². The molecule has 1 amide bonds. The quantitative estimate of drug-likeness (QED) is 0.862. The number of nitrogens with zero attached hydrogens (tertiary/aromatic N) is 2. The van der Waals surface area contributed by atoms with Crippen LogP contribution in [-0.2, 0) is 4.79 Å². The number of hydrogen-bond donors (Lipinski definition) is 1. The van der Waals surface area contributed by atoms with Gasteiger partial charge in [0, 0.05) is 24.5 Å². The Hall–Kier alpha value is -0.610. The van der Waals surface area contributed by atoms with E-state index in [-0.39, 0.29) is 0 Å². The summed E-state index contributed by atoms with van der Waals surface area (Å²) in [5, 5.41) is 3.35. The molecule has 0 aromatic carbocycles. The summed E-state index contributed by atoms with van der Waals surface area (Å²) in [6, 6.07) is 1.14. The van der Waals surface area contributed by atoms with Crippen LogP contribution < -0.4 is 5.32 Å². The lowest BCUT2D eigenvalue weighted by Crippen LogP contribution is -2.53. The van der Waals surface area contributed by atoms with Gasteiger partial charge in [-0.2, -0.15) is 0 Å². The normalized spacial score (nSPS) is 30.6. The Labute approximate surface area is 129 Å². The van der Waals surface area contributed by atoms with E-state index in [0.29, 0.717) is 17.9 Å². The minimum atomic E-state index is 0.309. The van der Waals surface area contributed by atoms with Gasteiger partial charge in [0.1, 0.15) is 0 Å². The van der Waals surface area contributed by atoms with Crippen LogP contribution in [0.1, 0.15) is 51.4 Å². The maximum atomic E-state index is 12.3. The summed E-state index contributed by atoms with van der Waals surface area (Å²) in [7, 11) is 2.22. The first kappa shape index (κ1) is 15.3. The predicted molar refractivity (Wildman–Crippen MR) is 85.2 cm³/mol. The number of nitrogens with one attached hydrogen (secondary N) is 1. The molecule has 1 N–H and O–H groups in total. The van der Waals surface area contributed by atoms with Crippen LogP contribution in [-0.4, -0.2) is 61.0 Å². The highest BCUT2D eigenvalue weighted by Crippen LogP contribution is 2.26. The Kier molecular flexibility index (Phi) is 5.17. The maximum Gasteiger partial charge on any atom is 0.223 e. The van der Waals surface area contributed by atoms with Crippen molar-refractivity contribution in [3.05, 3.63) is 0 Å². The molecule has 2 heterocycles. The van der Waals surface area contributed by atoms with E-state index in [9.17, 15) is 4.79 Å². The molecule has 0 bridgehead atoms. The van der Waals surface area contributed by atoms with Crippen molar-refractivity contribution in [2.75, 3.05) is 33.2 Å². The zero-order valence-corrected chi connectivity index (χ0v) is 13.5. The van der Waals surface area contributed by atoms with Crippen molar-refractivity contribution in [3.8, 4) is 0 Å². The molecule has 120 valence electrons. The van der Waals surface area contributed by atoms with Gasteiger partial charge in [0.2, 0.25) is 5.91 Å². The summed E-state index contributed by atoms with van der Waals surface area (Å²) in [5.41, 5.74) is 0. The van der Waals surface area contributed by atoms with E-state index in [2.05, 4.69) is 22.2 Å². The topological polar surface area (TPSA) is 35.6 Å². The second-order valence-corrected chi connectivity index (χ2v) is 7.36. The van der Waals surface area contributed by atoms with E-state index in [1.165, 1.54) is 58.2 Å². The van der Waals surface area contributed by atoms with Gasteiger partial charge >= 0.3 is 0 Å². The van der Waals surface area contributed by atoms with Crippen LogP contribution in [0.15, 0.2) is 0 Å². The van der Waals surface area contributed by atoms with Gasteiger partial charge < -0.3 is 10.2 Å². The summed E-state index contributed by atoms with van der Waals surface area (Å²) >= 11 is 0. The fourth-order valence-electron chi connectivity index (χ4n) is 4.32. The van der Waals surface area contributed by atoms with Gasteiger partial charge in [-0.15, -0.1) is 0 Å². The number of carbonyl (C=O) groups excluding carboxylic acids is 1. The van der Waals surface area contributed by atoms with E-state index in [4.69, 9.17) is 0 Å². The van der Waals surface area contributed by atoms with E-state index in [0.717, 1.165) is 25.4 Å². The van der Waals surface area contributed by atoms with Crippen LogP contribution in [0.2, 0.25) is 0 Å². The van der Waals surface area contributed by atoms with Crippen LogP contribution in [0, 0.1) is 5.92 Å². The molecule has 1 saturated carbocycles. The molecule has 2 saturated heterocycles. The zero-order valence-electron chi connectivity index (χ0n) is 13.5. The molecule has 2 aliphatic heterocycles. The van der Waals surface area contributed by atoms with E-state index >= 15 is 0 Å². The van der Waals surface area contributed by atoms with Gasteiger partial charge in [0.25, 0.3) is 0 Å². The number of likely N-dealkylation sites (tertiary alicyclic amines) is 2. The van der Waals surface area contributed by atoms with Gasteiger partial charge in [-0.3, -0.25) is 9.69 Å². The van der Waals surface area contributed by atoms with Crippen molar-refractivity contribution >= 4 is 5.91 Å². The Morgan fingerprint density at radius 1 is 0.952 bits per heavy atom. The Morgan fingerprint density at radius 3 is 2.38 bits per heavy atom. The van der Waals surface area contributed by atoms with Crippen LogP contribution >= 0.6 is 0 Å². The second-order valence-electron chi connectivity index (χ2n) is 7.36. The fourth-order valence-corrected chi connectivity index (χ4v) is 4.32. The molecular weight excluding hydrogens is 262 g/mol. The molecule has 1 atom stereocenters. The number of rotatable bonds is 3. The molecule has 0 radical (unpaired) electrons. The van der Waals surface area contributed by atoms with Crippen LogP contribution in [0.3, 0.4) is 0 Å². The van der Waals surface area contributed by atoms with Crippen molar-refractivity contribution in [2.45, 2.75) is 63.5 Å². The molecule has 4 heteroatoms. The molecule has 0 spiro atoms. The highest BCUT2D eigenvalue weighted by Gasteiger charge is 2.30. The van der Waals surface area contributed by atoms with Crippen molar-refractivity contribution in [1.29, 1.82) is 0 Å². The number of amides is 1. The van der Waals surface area contributed by atoms with Crippen molar-refractivity contribution in [3.63, 3.8) is 0 Å². The van der Waals surface area contributed by atoms with E-state index in [1.54, 1.807) is 0 Å². The van der Waals surface area contributed by atoms with Gasteiger partial charge in [-0.25, -0.2) is 0 Å². The first-order chi connectivity index (χ1) is 10.2. The minimum Gasteiger partial charge on any atom is -0.352 e. The largest absolute Gasteiger partial charge is 0.352 e. The average molecular weight is 293 g/mol. The Bertz CT molecular complexity index is 346. The smallest absolute Gasteiger partial charge is 0.223 e. The standard InChI is InChI=1S/C17H31N3O/c1-19-11-8-16(9-12-19)20-10-4-7-15(13-20)18-17(21)14-5-2-3-6-14/h14-16H,2-13H2,1H3,(H,18,21)/t15-/m0/s1. The number of hydrogen-bond acceptors (Lipinski definition) is 3. The summed E-state index contributed by atoms with van der Waals surface area (Å²) in [4.78, 5) is 17.4. The molecule has 3 rings (SSSR count). The molecule has 3 aliphatic rings. The fraction of sp³-hybridized carbons (Fsp3) is 0.941. The third kappa shape index (κ3) is 3.98. The first-order valence-electron chi connectivity index (χ1n) is 8.95. The number of carbonyl (C=O) groups is 1. The van der Waals surface area contributed by atoms with Crippen molar-refractivity contribution in [1.82, 2.24) is 15.1 Å². The highest BCUT2D eigenvalue weighted by atomic mass is 16.1. The van der Waals surface area contributed by atoms with Gasteiger partial charge in [-0.1, -0.05) is 12.8 Å². The monoisotopic (exact) mass is 293 g/mol. The molecular formula is C17H31N3O. The predicted octanol–water partition coefficient (Wildman–Crippen LogP) is 1.85. The van der Waals surface area contributed by atoms with E-state index < -0.39 is 0 Å². The molecule has 4 nitrogen and oxygen atoms in total. The molecule has 21 heavy (non-hydrogen) atoms. The lowest BCUT2D eigenvalue weighted by molar-refractivity contribution is -0.126. The molecule has 0 aromatic rings. The Morgan fingerprint density at radius 2 is 1.67 bits per heavy atom. The van der Waals surface area contributed by atoms with Crippen molar-refractivity contribution in [2.24, 2.45) is 5.92 Å². The van der Waals surface area contributed by atoms with Gasteiger partial charge in [0.05, 0.1) is 0 Å². The van der Waals surface area contributed by atoms with E-state index in [1.807, 2.05) is 0 Å². The molecule has 3 fully saturated rings. The molecule has 0 aromatic heterocycles. The molecule has 0 unspecified atom stereocenters. The third-order valence-corrected chi connectivity index (χ3v) is 5.73. The lowest BCUT2D eigenvalue weighted by atomic mass is 9.97. The highest BCUT2D eigenvalue weighted by molar-refractivity contribution is 5.79. The summed E-state index contributed by atoms with van der Waals surface area (Å²) in [6.07, 6.45) is 9.69. The summed E-state index contributed by atoms with van der Waals surface area (Å²) in [6.45, 7) is 4.75. The average Bonchev–Trinajstić information content (AvgIpc) is 3.02. The van der Waals surface area contributed by atoms with Crippen LogP contribution in [0.25, 0.3) is 0 Å². The van der Waals surface area contributed by atoms with Gasteiger partial charge in [0.15, 0.2) is 0 Å². The van der Waals surface area contributed by atoms with Crippen LogP contribution in [0.5, 0.6) is 0 Å².